The molecule has 3 rings (SSSR count). The smallest absolute Gasteiger partial charge is 0.267 e. The number of rotatable bonds is 11. The zero-order chi connectivity index (χ0) is 21.5. The number of hydrogen-bond donors (Lipinski definition) is 0. The molecular formula is C24H32N2O2S2. The number of thiocarbonyl (C=S) groups is 1. The summed E-state index contributed by atoms with van der Waals surface area (Å²) in [6.45, 7) is 5.70. The van der Waals surface area contributed by atoms with Gasteiger partial charge in [-0.3, -0.25) is 14.5 Å². The van der Waals surface area contributed by atoms with Crippen LogP contribution >= 0.6 is 24.0 Å². The van der Waals surface area contributed by atoms with Crippen molar-refractivity contribution in [3.63, 3.8) is 0 Å². The molecule has 0 bridgehead atoms. The Kier molecular flexibility index (Phi) is 8.51. The molecular weight excluding hydrogens is 412 g/mol. The Morgan fingerprint density at radius 3 is 2.10 bits per heavy atom. The van der Waals surface area contributed by atoms with Gasteiger partial charge in [0.25, 0.3) is 11.8 Å². The molecule has 0 spiro atoms. The molecule has 2 aliphatic rings. The number of hydrogen-bond acceptors (Lipinski definition) is 4. The lowest BCUT2D eigenvalue weighted by Gasteiger charge is -2.17. The fraction of sp³-hybridized carbons (Fsp3) is 0.542. The maximum absolute atomic E-state index is 13.4. The van der Waals surface area contributed by atoms with E-state index in [-0.39, 0.29) is 11.8 Å². The van der Waals surface area contributed by atoms with E-state index in [1.165, 1.54) is 31.0 Å². The van der Waals surface area contributed by atoms with Crippen molar-refractivity contribution >= 4 is 51.4 Å². The Morgan fingerprint density at radius 2 is 1.40 bits per heavy atom. The summed E-state index contributed by atoms with van der Waals surface area (Å²) in [7, 11) is 0. The van der Waals surface area contributed by atoms with Gasteiger partial charge in [-0.1, -0.05) is 101 Å². The molecule has 1 aromatic rings. The largest absolute Gasteiger partial charge is 0.308 e. The van der Waals surface area contributed by atoms with Crippen LogP contribution in [-0.2, 0) is 9.59 Å². The number of thioether (sulfide) groups is 1. The summed E-state index contributed by atoms with van der Waals surface area (Å²) in [6, 6.07) is 7.83. The van der Waals surface area contributed by atoms with E-state index in [0.717, 1.165) is 49.8 Å². The van der Waals surface area contributed by atoms with Crippen LogP contribution in [0.1, 0.15) is 77.2 Å². The lowest BCUT2D eigenvalue weighted by molar-refractivity contribution is -0.122. The lowest BCUT2D eigenvalue weighted by Crippen LogP contribution is -2.30. The Morgan fingerprint density at radius 1 is 0.800 bits per heavy atom. The number of carbonyl (C=O) groups excluding carboxylic acids is 2. The monoisotopic (exact) mass is 444 g/mol. The van der Waals surface area contributed by atoms with Crippen molar-refractivity contribution in [1.29, 1.82) is 0 Å². The number of benzene rings is 1. The van der Waals surface area contributed by atoms with Crippen LogP contribution in [0, 0.1) is 0 Å². The van der Waals surface area contributed by atoms with E-state index in [4.69, 9.17) is 12.2 Å². The summed E-state index contributed by atoms with van der Waals surface area (Å²) in [5.74, 6) is -0.164. The highest BCUT2D eigenvalue weighted by Crippen LogP contribution is 2.44. The maximum Gasteiger partial charge on any atom is 0.267 e. The van der Waals surface area contributed by atoms with E-state index in [9.17, 15) is 9.59 Å². The number of amides is 2. The van der Waals surface area contributed by atoms with E-state index < -0.39 is 0 Å². The van der Waals surface area contributed by atoms with Crippen molar-refractivity contribution in [3.8, 4) is 0 Å². The van der Waals surface area contributed by atoms with Crippen LogP contribution in [-0.4, -0.2) is 34.1 Å². The van der Waals surface area contributed by atoms with Gasteiger partial charge in [0.1, 0.15) is 4.32 Å². The number of para-hydroxylation sites is 1. The molecule has 1 fully saturated rings. The predicted molar refractivity (Wildman–Crippen MR) is 131 cm³/mol. The number of unbranched alkanes of at least 4 members (excludes halogenated alkanes) is 7. The molecule has 0 saturated carbocycles. The molecule has 162 valence electrons. The minimum atomic E-state index is -0.107. The van der Waals surface area contributed by atoms with Crippen molar-refractivity contribution in [2.24, 2.45) is 0 Å². The average Bonchev–Trinajstić information content (AvgIpc) is 3.18. The SMILES string of the molecule is CCCCCCCN1C(=O)C(=C2SC(=S)N(CCCCCC)C2=O)c2ccccc21. The van der Waals surface area contributed by atoms with Gasteiger partial charge in [-0.05, 0) is 18.9 Å². The summed E-state index contributed by atoms with van der Waals surface area (Å²) in [5.41, 5.74) is 2.32. The number of fused-ring (bicyclic) bond motifs is 1. The minimum Gasteiger partial charge on any atom is -0.308 e. The Bertz CT molecular complexity index is 834. The summed E-state index contributed by atoms with van der Waals surface area (Å²) in [5, 5.41) is 0. The number of carbonyl (C=O) groups is 2. The third kappa shape index (κ3) is 4.97. The zero-order valence-corrected chi connectivity index (χ0v) is 19.7. The molecule has 0 unspecified atom stereocenters. The fourth-order valence-electron chi connectivity index (χ4n) is 4.03. The molecule has 30 heavy (non-hydrogen) atoms. The Hall–Kier alpha value is -1.66. The highest BCUT2D eigenvalue weighted by atomic mass is 32.2. The highest BCUT2D eigenvalue weighted by molar-refractivity contribution is 8.26. The first-order chi connectivity index (χ1) is 14.6. The second-order valence-corrected chi connectivity index (χ2v) is 9.62. The third-order valence-electron chi connectivity index (χ3n) is 5.72. The first kappa shape index (κ1) is 23.0. The standard InChI is InChI=1S/C24H32N2O2S2/c1-3-5-7-9-13-16-25-19-15-11-10-14-18(19)20(22(25)27)21-23(28)26(24(29)30-21)17-12-8-6-4-2/h10-11,14-15H,3-9,12-13,16-17H2,1-2H3. The fourth-order valence-corrected chi connectivity index (χ4v) is 5.41. The second-order valence-electron chi connectivity index (χ2n) is 7.98. The van der Waals surface area contributed by atoms with Crippen molar-refractivity contribution in [2.75, 3.05) is 18.0 Å². The highest BCUT2D eigenvalue weighted by Gasteiger charge is 2.41. The molecule has 0 aromatic heterocycles. The summed E-state index contributed by atoms with van der Waals surface area (Å²) in [6.07, 6.45) is 10.1. The van der Waals surface area contributed by atoms with Gasteiger partial charge in [-0.15, -0.1) is 0 Å². The molecule has 0 aliphatic carbocycles. The van der Waals surface area contributed by atoms with Crippen molar-refractivity contribution in [1.82, 2.24) is 4.90 Å². The summed E-state index contributed by atoms with van der Waals surface area (Å²) >= 11 is 6.78. The summed E-state index contributed by atoms with van der Waals surface area (Å²) in [4.78, 5) is 30.6. The van der Waals surface area contributed by atoms with Crippen molar-refractivity contribution in [3.05, 3.63) is 34.7 Å². The van der Waals surface area contributed by atoms with Crippen molar-refractivity contribution < 1.29 is 9.59 Å². The quantitative estimate of drug-likeness (QED) is 0.233. The first-order valence-corrected chi connectivity index (χ1v) is 12.5. The molecule has 0 atom stereocenters. The van der Waals surface area contributed by atoms with Crippen LogP contribution in [0.15, 0.2) is 29.2 Å². The Balaban J connectivity index is 1.79. The molecule has 2 aliphatic heterocycles. The average molecular weight is 445 g/mol. The number of nitrogens with zero attached hydrogens (tertiary/aromatic N) is 2. The first-order valence-electron chi connectivity index (χ1n) is 11.3. The normalized spacial score (nSPS) is 18.7. The molecule has 0 radical (unpaired) electrons. The van der Waals surface area contributed by atoms with Gasteiger partial charge in [0.2, 0.25) is 0 Å². The van der Waals surface area contributed by atoms with E-state index in [1.807, 2.05) is 29.2 Å². The second kappa shape index (κ2) is 11.1. The molecule has 2 heterocycles. The van der Waals surface area contributed by atoms with E-state index in [2.05, 4.69) is 13.8 Å². The van der Waals surface area contributed by atoms with Gasteiger partial charge >= 0.3 is 0 Å². The minimum absolute atomic E-state index is 0.0572. The van der Waals surface area contributed by atoms with Gasteiger partial charge < -0.3 is 4.90 Å². The third-order valence-corrected chi connectivity index (χ3v) is 7.17. The lowest BCUT2D eigenvalue weighted by atomic mass is 10.1. The van der Waals surface area contributed by atoms with E-state index >= 15 is 0 Å². The van der Waals surface area contributed by atoms with Crippen molar-refractivity contribution in [2.45, 2.75) is 71.6 Å². The topological polar surface area (TPSA) is 40.6 Å². The molecule has 1 aromatic carbocycles. The zero-order valence-electron chi connectivity index (χ0n) is 18.1. The van der Waals surface area contributed by atoms with Crippen LogP contribution in [0.25, 0.3) is 5.57 Å². The van der Waals surface area contributed by atoms with Crippen LogP contribution < -0.4 is 4.90 Å². The van der Waals surface area contributed by atoms with Crippen LogP contribution in [0.2, 0.25) is 0 Å². The van der Waals surface area contributed by atoms with Gasteiger partial charge in [-0.2, -0.15) is 0 Å². The summed E-state index contributed by atoms with van der Waals surface area (Å²) < 4.78 is 0.572. The van der Waals surface area contributed by atoms with E-state index in [1.54, 1.807) is 4.90 Å². The molecule has 0 N–H and O–H groups in total. The van der Waals surface area contributed by atoms with Crippen LogP contribution in [0.3, 0.4) is 0 Å². The predicted octanol–water partition coefficient (Wildman–Crippen LogP) is 6.16. The van der Waals surface area contributed by atoms with Gasteiger partial charge in [0.15, 0.2) is 0 Å². The van der Waals surface area contributed by atoms with Crippen LogP contribution in [0.5, 0.6) is 0 Å². The maximum atomic E-state index is 13.4. The molecule has 4 nitrogen and oxygen atoms in total. The van der Waals surface area contributed by atoms with Gasteiger partial charge in [0, 0.05) is 18.7 Å². The van der Waals surface area contributed by atoms with Gasteiger partial charge in [-0.25, -0.2) is 0 Å². The van der Waals surface area contributed by atoms with Crippen LogP contribution in [0.4, 0.5) is 5.69 Å². The molecule has 2 amide bonds. The molecule has 1 saturated heterocycles. The van der Waals surface area contributed by atoms with Gasteiger partial charge in [0.05, 0.1) is 16.2 Å². The number of anilines is 1. The Labute approximate surface area is 190 Å². The van der Waals surface area contributed by atoms with E-state index in [0.29, 0.717) is 27.9 Å². The molecule has 6 heteroatoms.